The number of aryl methyl sites for hydroxylation is 1. The van der Waals surface area contributed by atoms with E-state index in [1.54, 1.807) is 6.20 Å². The van der Waals surface area contributed by atoms with Crippen LogP contribution in [0.4, 0.5) is 8.78 Å². The number of nitrogens with zero attached hydrogens (tertiary/aromatic N) is 2. The molecule has 6 heteroatoms. The standard InChI is InChI=1S/C18H23F2N3O/c1-23-17(8-9-21-23)12-4-2-5-13(10-12)22-16(11-24)18-14(19)6-3-7-15(18)20/h3,6-9,12-13,16,22,24H,2,4-5,10-11H2,1H3. The monoisotopic (exact) mass is 335 g/mol. The molecular weight excluding hydrogens is 312 g/mol. The van der Waals surface area contributed by atoms with Crippen molar-refractivity contribution in [2.75, 3.05) is 6.61 Å². The molecule has 1 heterocycles. The third kappa shape index (κ3) is 3.49. The van der Waals surface area contributed by atoms with E-state index in [0.717, 1.165) is 25.7 Å². The molecule has 0 saturated heterocycles. The highest BCUT2D eigenvalue weighted by Crippen LogP contribution is 2.34. The minimum atomic E-state index is -0.735. The van der Waals surface area contributed by atoms with Gasteiger partial charge in [0, 0.05) is 36.5 Å². The molecule has 1 aliphatic carbocycles. The topological polar surface area (TPSA) is 50.1 Å². The summed E-state index contributed by atoms with van der Waals surface area (Å²) in [5.41, 5.74) is 1.10. The van der Waals surface area contributed by atoms with E-state index < -0.39 is 17.7 Å². The maximum Gasteiger partial charge on any atom is 0.131 e. The molecule has 0 spiro atoms. The SMILES string of the molecule is Cn1nccc1C1CCCC(NC(CO)c2c(F)cccc2F)C1. The van der Waals surface area contributed by atoms with Gasteiger partial charge in [-0.25, -0.2) is 8.78 Å². The van der Waals surface area contributed by atoms with Gasteiger partial charge in [-0.15, -0.1) is 0 Å². The number of rotatable bonds is 5. The number of aromatic nitrogens is 2. The molecule has 1 aromatic heterocycles. The third-order valence-electron chi connectivity index (χ3n) is 4.92. The van der Waals surface area contributed by atoms with E-state index in [0.29, 0.717) is 5.92 Å². The van der Waals surface area contributed by atoms with Crippen LogP contribution >= 0.6 is 0 Å². The number of hydrogen-bond acceptors (Lipinski definition) is 3. The highest BCUT2D eigenvalue weighted by Gasteiger charge is 2.28. The molecule has 1 aromatic carbocycles. The third-order valence-corrected chi connectivity index (χ3v) is 4.92. The largest absolute Gasteiger partial charge is 0.394 e. The van der Waals surface area contributed by atoms with Crippen molar-refractivity contribution in [3.05, 3.63) is 53.4 Å². The molecule has 3 unspecified atom stereocenters. The average Bonchev–Trinajstić information content (AvgIpc) is 3.00. The fraction of sp³-hybridized carbons (Fsp3) is 0.500. The molecule has 0 radical (unpaired) electrons. The van der Waals surface area contributed by atoms with E-state index in [1.807, 2.05) is 17.8 Å². The van der Waals surface area contributed by atoms with Gasteiger partial charge >= 0.3 is 0 Å². The second kappa shape index (κ2) is 7.40. The maximum atomic E-state index is 14.0. The first-order chi connectivity index (χ1) is 11.6. The lowest BCUT2D eigenvalue weighted by atomic mass is 9.83. The minimum absolute atomic E-state index is 0.0809. The zero-order valence-electron chi connectivity index (χ0n) is 13.8. The van der Waals surface area contributed by atoms with Crippen LogP contribution in [0.2, 0.25) is 0 Å². The normalized spacial score (nSPS) is 22.5. The van der Waals surface area contributed by atoms with Crippen LogP contribution in [0.25, 0.3) is 0 Å². The molecule has 3 atom stereocenters. The summed E-state index contributed by atoms with van der Waals surface area (Å²) in [6.07, 6.45) is 5.70. The lowest BCUT2D eigenvalue weighted by molar-refractivity contribution is 0.209. The molecule has 130 valence electrons. The second-order valence-corrected chi connectivity index (χ2v) is 6.48. The van der Waals surface area contributed by atoms with E-state index in [4.69, 9.17) is 0 Å². The summed E-state index contributed by atoms with van der Waals surface area (Å²) >= 11 is 0. The Kier molecular flexibility index (Phi) is 5.26. The smallest absolute Gasteiger partial charge is 0.131 e. The van der Waals surface area contributed by atoms with Gasteiger partial charge in [0.05, 0.1) is 12.6 Å². The summed E-state index contributed by atoms with van der Waals surface area (Å²) in [7, 11) is 1.93. The quantitative estimate of drug-likeness (QED) is 0.883. The van der Waals surface area contributed by atoms with Gasteiger partial charge in [0.15, 0.2) is 0 Å². The summed E-state index contributed by atoms with van der Waals surface area (Å²) in [5, 5.41) is 17.1. The van der Waals surface area contributed by atoms with Crippen LogP contribution < -0.4 is 5.32 Å². The predicted octanol–water partition coefficient (Wildman–Crippen LogP) is 3.05. The molecular formula is C18H23F2N3O. The molecule has 1 saturated carbocycles. The molecule has 0 bridgehead atoms. The molecule has 0 aliphatic heterocycles. The van der Waals surface area contributed by atoms with Crippen molar-refractivity contribution < 1.29 is 13.9 Å². The molecule has 24 heavy (non-hydrogen) atoms. The van der Waals surface area contributed by atoms with Crippen LogP contribution in [-0.2, 0) is 7.05 Å². The predicted molar refractivity (Wildman–Crippen MR) is 87.5 cm³/mol. The van der Waals surface area contributed by atoms with Crippen molar-refractivity contribution in [1.82, 2.24) is 15.1 Å². The van der Waals surface area contributed by atoms with Gasteiger partial charge in [0.25, 0.3) is 0 Å². The zero-order valence-corrected chi connectivity index (χ0v) is 13.8. The van der Waals surface area contributed by atoms with Crippen molar-refractivity contribution in [3.63, 3.8) is 0 Å². The van der Waals surface area contributed by atoms with Crippen LogP contribution in [0.1, 0.15) is 48.9 Å². The Morgan fingerprint density at radius 3 is 2.67 bits per heavy atom. The van der Waals surface area contributed by atoms with Gasteiger partial charge in [-0.05, 0) is 37.5 Å². The maximum absolute atomic E-state index is 14.0. The first kappa shape index (κ1) is 17.0. The Hall–Kier alpha value is -1.79. The molecule has 2 N–H and O–H groups in total. The Labute approximate surface area is 140 Å². The summed E-state index contributed by atoms with van der Waals surface area (Å²) in [6, 6.07) is 5.18. The summed E-state index contributed by atoms with van der Waals surface area (Å²) in [6.45, 7) is -0.343. The fourth-order valence-electron chi connectivity index (χ4n) is 3.75. The number of benzene rings is 1. The number of nitrogens with one attached hydrogen (secondary N) is 1. The first-order valence-corrected chi connectivity index (χ1v) is 8.39. The van der Waals surface area contributed by atoms with Gasteiger partial charge < -0.3 is 10.4 Å². The van der Waals surface area contributed by atoms with Crippen molar-refractivity contribution in [3.8, 4) is 0 Å². The van der Waals surface area contributed by atoms with E-state index in [1.165, 1.54) is 23.9 Å². The fourth-order valence-corrected chi connectivity index (χ4v) is 3.75. The van der Waals surface area contributed by atoms with Gasteiger partial charge in [-0.1, -0.05) is 12.5 Å². The molecule has 3 rings (SSSR count). The van der Waals surface area contributed by atoms with Gasteiger partial charge in [-0.3, -0.25) is 4.68 Å². The van der Waals surface area contributed by atoms with E-state index in [2.05, 4.69) is 10.4 Å². The number of aliphatic hydroxyl groups is 1. The highest BCUT2D eigenvalue weighted by atomic mass is 19.1. The summed E-state index contributed by atoms with van der Waals surface area (Å²) in [4.78, 5) is 0. The highest BCUT2D eigenvalue weighted by molar-refractivity contribution is 5.24. The first-order valence-electron chi connectivity index (χ1n) is 8.39. The Morgan fingerprint density at radius 2 is 2.04 bits per heavy atom. The van der Waals surface area contributed by atoms with E-state index >= 15 is 0 Å². The zero-order chi connectivity index (χ0) is 17.1. The molecule has 1 fully saturated rings. The summed E-state index contributed by atoms with van der Waals surface area (Å²) < 4.78 is 29.9. The van der Waals surface area contributed by atoms with Gasteiger partial charge in [0.2, 0.25) is 0 Å². The van der Waals surface area contributed by atoms with Crippen molar-refractivity contribution in [1.29, 1.82) is 0 Å². The minimum Gasteiger partial charge on any atom is -0.394 e. The van der Waals surface area contributed by atoms with Crippen LogP contribution in [0.3, 0.4) is 0 Å². The van der Waals surface area contributed by atoms with Crippen molar-refractivity contribution >= 4 is 0 Å². The van der Waals surface area contributed by atoms with Crippen LogP contribution in [0.5, 0.6) is 0 Å². The van der Waals surface area contributed by atoms with Crippen molar-refractivity contribution in [2.24, 2.45) is 7.05 Å². The van der Waals surface area contributed by atoms with Crippen LogP contribution in [0.15, 0.2) is 30.5 Å². The van der Waals surface area contributed by atoms with Crippen LogP contribution in [0, 0.1) is 11.6 Å². The molecule has 2 aromatic rings. The molecule has 1 aliphatic rings. The Balaban J connectivity index is 1.73. The number of aliphatic hydroxyl groups excluding tert-OH is 1. The average molecular weight is 335 g/mol. The molecule has 4 nitrogen and oxygen atoms in total. The summed E-state index contributed by atoms with van der Waals surface area (Å²) in [5.74, 6) is -0.880. The Bertz CT molecular complexity index is 668. The lowest BCUT2D eigenvalue weighted by Gasteiger charge is -2.32. The van der Waals surface area contributed by atoms with Gasteiger partial charge in [-0.2, -0.15) is 5.10 Å². The van der Waals surface area contributed by atoms with Crippen LogP contribution in [-0.4, -0.2) is 27.5 Å². The van der Waals surface area contributed by atoms with Crippen molar-refractivity contribution in [2.45, 2.75) is 43.7 Å². The second-order valence-electron chi connectivity index (χ2n) is 6.48. The number of hydrogen-bond donors (Lipinski definition) is 2. The van der Waals surface area contributed by atoms with E-state index in [-0.39, 0.29) is 18.2 Å². The molecule has 0 amide bonds. The Morgan fingerprint density at radius 1 is 1.29 bits per heavy atom. The lowest BCUT2D eigenvalue weighted by Crippen LogP contribution is -2.38. The number of halogens is 2. The van der Waals surface area contributed by atoms with Gasteiger partial charge in [0.1, 0.15) is 11.6 Å². The van der Waals surface area contributed by atoms with E-state index in [9.17, 15) is 13.9 Å².